The van der Waals surface area contributed by atoms with Gasteiger partial charge >= 0.3 is 0 Å². The van der Waals surface area contributed by atoms with E-state index in [9.17, 15) is 4.79 Å². The molecule has 0 bridgehead atoms. The predicted octanol–water partition coefficient (Wildman–Crippen LogP) is 3.95. The largest absolute Gasteiger partial charge is 0.481 e. The summed E-state index contributed by atoms with van der Waals surface area (Å²) >= 11 is 5.92. The van der Waals surface area contributed by atoms with E-state index in [2.05, 4.69) is 10.3 Å². The van der Waals surface area contributed by atoms with Crippen molar-refractivity contribution in [2.75, 3.05) is 6.54 Å². The summed E-state index contributed by atoms with van der Waals surface area (Å²) in [6.45, 7) is 4.29. The minimum absolute atomic E-state index is 0.109. The average Bonchev–Trinajstić information content (AvgIpc) is 2.57. The Kier molecular flexibility index (Phi) is 7.07. The van der Waals surface area contributed by atoms with Crippen LogP contribution in [0.2, 0.25) is 5.02 Å². The molecule has 0 aliphatic heterocycles. The standard InChI is InChI=1S/C19H23ClN2O2/c1-14-13-16(20)9-10-18(14)24-15(2)19(23)22-12-6-4-8-17-7-3-5-11-21-17/h3,5,7,9-11,13,15H,4,6,8,12H2,1-2H3,(H,22,23)/t15-/m0/s1. The highest BCUT2D eigenvalue weighted by atomic mass is 35.5. The van der Waals surface area contributed by atoms with Gasteiger partial charge in [-0.1, -0.05) is 17.7 Å². The molecule has 0 saturated carbocycles. The van der Waals surface area contributed by atoms with Crippen LogP contribution in [0.4, 0.5) is 0 Å². The lowest BCUT2D eigenvalue weighted by molar-refractivity contribution is -0.127. The van der Waals surface area contributed by atoms with Crippen LogP contribution >= 0.6 is 11.6 Å². The number of ether oxygens (including phenoxy) is 1. The molecule has 0 radical (unpaired) electrons. The van der Waals surface area contributed by atoms with Crippen LogP contribution in [0.3, 0.4) is 0 Å². The molecule has 4 nitrogen and oxygen atoms in total. The molecule has 2 rings (SSSR count). The van der Waals surface area contributed by atoms with Gasteiger partial charge in [-0.3, -0.25) is 9.78 Å². The molecule has 0 aliphatic carbocycles. The smallest absolute Gasteiger partial charge is 0.260 e. The summed E-state index contributed by atoms with van der Waals surface area (Å²) in [4.78, 5) is 16.4. The van der Waals surface area contributed by atoms with E-state index < -0.39 is 6.10 Å². The number of benzene rings is 1. The van der Waals surface area contributed by atoms with Crippen LogP contribution in [0, 0.1) is 6.92 Å². The van der Waals surface area contributed by atoms with E-state index in [1.54, 1.807) is 25.3 Å². The lowest BCUT2D eigenvalue weighted by atomic mass is 10.2. The SMILES string of the molecule is Cc1cc(Cl)ccc1O[C@@H](C)C(=O)NCCCCc1ccccn1. The Hall–Kier alpha value is -2.07. The number of carbonyl (C=O) groups is 1. The number of carbonyl (C=O) groups excluding carboxylic acids is 1. The van der Waals surface area contributed by atoms with Crippen LogP contribution in [0.15, 0.2) is 42.6 Å². The summed E-state index contributed by atoms with van der Waals surface area (Å²) in [6.07, 6.45) is 4.08. The third-order valence-corrected chi connectivity index (χ3v) is 3.93. The number of pyridine rings is 1. The predicted molar refractivity (Wildman–Crippen MR) is 96.5 cm³/mol. The maximum atomic E-state index is 12.1. The van der Waals surface area contributed by atoms with Gasteiger partial charge in [-0.2, -0.15) is 0 Å². The van der Waals surface area contributed by atoms with Crippen molar-refractivity contribution in [2.24, 2.45) is 0 Å². The van der Waals surface area contributed by atoms with E-state index in [1.165, 1.54) is 0 Å². The van der Waals surface area contributed by atoms with Gasteiger partial charge in [0.1, 0.15) is 5.75 Å². The van der Waals surface area contributed by atoms with Gasteiger partial charge in [0.25, 0.3) is 5.91 Å². The molecular formula is C19H23ClN2O2. The molecule has 1 aromatic carbocycles. The Morgan fingerprint density at radius 1 is 1.29 bits per heavy atom. The minimum atomic E-state index is -0.541. The molecule has 128 valence electrons. The van der Waals surface area contributed by atoms with Crippen molar-refractivity contribution in [3.63, 3.8) is 0 Å². The first kappa shape index (κ1) is 18.3. The first-order chi connectivity index (χ1) is 11.6. The fraction of sp³-hybridized carbons (Fsp3) is 0.368. The van der Waals surface area contributed by atoms with Gasteiger partial charge in [-0.05, 0) is 69.0 Å². The topological polar surface area (TPSA) is 51.2 Å². The van der Waals surface area contributed by atoms with Crippen molar-refractivity contribution < 1.29 is 9.53 Å². The van der Waals surface area contributed by atoms with Crippen molar-refractivity contribution in [3.8, 4) is 5.75 Å². The van der Waals surface area contributed by atoms with Gasteiger partial charge in [-0.15, -0.1) is 0 Å². The van der Waals surface area contributed by atoms with Crippen molar-refractivity contribution in [1.82, 2.24) is 10.3 Å². The summed E-state index contributed by atoms with van der Waals surface area (Å²) in [5.74, 6) is 0.569. The lowest BCUT2D eigenvalue weighted by Gasteiger charge is -2.16. The van der Waals surface area contributed by atoms with Crippen molar-refractivity contribution >= 4 is 17.5 Å². The number of unbranched alkanes of at least 4 members (excludes halogenated alkanes) is 1. The van der Waals surface area contributed by atoms with Crippen LogP contribution < -0.4 is 10.1 Å². The van der Waals surface area contributed by atoms with Gasteiger partial charge in [-0.25, -0.2) is 0 Å². The first-order valence-electron chi connectivity index (χ1n) is 8.16. The van der Waals surface area contributed by atoms with Crippen molar-refractivity contribution in [2.45, 2.75) is 39.2 Å². The highest BCUT2D eigenvalue weighted by Gasteiger charge is 2.15. The van der Waals surface area contributed by atoms with E-state index >= 15 is 0 Å². The zero-order chi connectivity index (χ0) is 17.4. The highest BCUT2D eigenvalue weighted by Crippen LogP contribution is 2.22. The molecule has 1 aromatic heterocycles. The van der Waals surface area contributed by atoms with Crippen molar-refractivity contribution in [3.05, 3.63) is 58.9 Å². The number of aryl methyl sites for hydroxylation is 2. The fourth-order valence-electron chi connectivity index (χ4n) is 2.32. The molecule has 0 unspecified atom stereocenters. The van der Waals surface area contributed by atoms with Gasteiger partial charge in [0.05, 0.1) is 0 Å². The van der Waals surface area contributed by atoms with Gasteiger partial charge < -0.3 is 10.1 Å². The van der Waals surface area contributed by atoms with Crippen LogP contribution in [0.5, 0.6) is 5.75 Å². The second-order valence-corrected chi connectivity index (χ2v) is 6.18. The lowest BCUT2D eigenvalue weighted by Crippen LogP contribution is -2.36. The molecule has 1 N–H and O–H groups in total. The van der Waals surface area contributed by atoms with Gasteiger partial charge in [0, 0.05) is 23.5 Å². The maximum Gasteiger partial charge on any atom is 0.260 e. The molecule has 24 heavy (non-hydrogen) atoms. The quantitative estimate of drug-likeness (QED) is 0.736. The maximum absolute atomic E-state index is 12.1. The van der Waals surface area contributed by atoms with Gasteiger partial charge in [0.2, 0.25) is 0 Å². The number of hydrogen-bond acceptors (Lipinski definition) is 3. The molecule has 0 aliphatic rings. The average molecular weight is 347 g/mol. The molecule has 1 amide bonds. The number of rotatable bonds is 8. The summed E-state index contributed by atoms with van der Waals surface area (Å²) in [7, 11) is 0. The molecule has 0 fully saturated rings. The Morgan fingerprint density at radius 3 is 2.83 bits per heavy atom. The van der Waals surface area contributed by atoms with Crippen molar-refractivity contribution in [1.29, 1.82) is 0 Å². The van der Waals surface area contributed by atoms with Gasteiger partial charge in [0.15, 0.2) is 6.10 Å². The molecule has 1 atom stereocenters. The van der Waals surface area contributed by atoms with E-state index in [1.807, 2.05) is 31.2 Å². The zero-order valence-electron chi connectivity index (χ0n) is 14.1. The van der Waals surface area contributed by atoms with E-state index in [-0.39, 0.29) is 5.91 Å². The van der Waals surface area contributed by atoms with Crippen LogP contribution in [0.1, 0.15) is 31.0 Å². The highest BCUT2D eigenvalue weighted by molar-refractivity contribution is 6.30. The number of halogens is 1. The van der Waals surface area contributed by atoms with Crippen LogP contribution in [-0.4, -0.2) is 23.5 Å². The minimum Gasteiger partial charge on any atom is -0.481 e. The summed E-state index contributed by atoms with van der Waals surface area (Å²) < 4.78 is 5.71. The molecule has 2 aromatic rings. The molecule has 0 saturated heterocycles. The number of nitrogens with zero attached hydrogens (tertiary/aromatic N) is 1. The molecule has 0 spiro atoms. The van der Waals surface area contributed by atoms with Crippen LogP contribution in [-0.2, 0) is 11.2 Å². The normalized spacial score (nSPS) is 11.8. The van der Waals surface area contributed by atoms with E-state index in [4.69, 9.17) is 16.3 Å². The summed E-state index contributed by atoms with van der Waals surface area (Å²) in [5, 5.41) is 3.57. The first-order valence-corrected chi connectivity index (χ1v) is 8.54. The van der Waals surface area contributed by atoms with Crippen LogP contribution in [0.25, 0.3) is 0 Å². The Labute approximate surface area is 148 Å². The summed E-state index contributed by atoms with van der Waals surface area (Å²) in [6, 6.07) is 11.3. The second kappa shape index (κ2) is 9.28. The molecular weight excluding hydrogens is 324 g/mol. The molecule has 1 heterocycles. The number of aromatic nitrogens is 1. The number of nitrogens with one attached hydrogen (secondary N) is 1. The summed E-state index contributed by atoms with van der Waals surface area (Å²) in [5.41, 5.74) is 2.00. The van der Waals surface area contributed by atoms with E-state index in [0.717, 1.165) is 30.5 Å². The third kappa shape index (κ3) is 5.85. The fourth-order valence-corrected chi connectivity index (χ4v) is 2.55. The molecule has 5 heteroatoms. The van der Waals surface area contributed by atoms with E-state index in [0.29, 0.717) is 17.3 Å². The Balaban J connectivity index is 1.68. The monoisotopic (exact) mass is 346 g/mol. The number of hydrogen-bond donors (Lipinski definition) is 1. The third-order valence-electron chi connectivity index (χ3n) is 3.70. The Bertz CT molecular complexity index is 662. The second-order valence-electron chi connectivity index (χ2n) is 5.74. The number of amides is 1. The zero-order valence-corrected chi connectivity index (χ0v) is 14.8. The Morgan fingerprint density at radius 2 is 2.12 bits per heavy atom.